The van der Waals surface area contributed by atoms with Crippen LogP contribution in [-0.4, -0.2) is 0 Å². The van der Waals surface area contributed by atoms with Crippen molar-refractivity contribution in [3.8, 4) is 5.75 Å². The lowest BCUT2D eigenvalue weighted by atomic mass is 9.83. The van der Waals surface area contributed by atoms with Crippen molar-refractivity contribution in [2.75, 3.05) is 0 Å². The lowest BCUT2D eigenvalue weighted by Crippen LogP contribution is -2.17. The van der Waals surface area contributed by atoms with Gasteiger partial charge in [0.2, 0.25) is 0 Å². The first-order valence-corrected chi connectivity index (χ1v) is 7.09. The van der Waals surface area contributed by atoms with Gasteiger partial charge in [-0.3, -0.25) is 0 Å². The summed E-state index contributed by atoms with van der Waals surface area (Å²) >= 11 is 0. The molecule has 3 rings (SSSR count). The van der Waals surface area contributed by atoms with Crippen molar-refractivity contribution in [2.45, 2.75) is 32.6 Å². The van der Waals surface area contributed by atoms with E-state index in [1.165, 1.54) is 0 Å². The van der Waals surface area contributed by atoms with Crippen LogP contribution < -0.4 is 10.4 Å². The number of ether oxygens (including phenoxy) is 1. The number of rotatable bonds is 3. The number of para-hydroxylation sites is 1. The van der Waals surface area contributed by atoms with Gasteiger partial charge in [0.1, 0.15) is 17.1 Å². The third-order valence-corrected chi connectivity index (χ3v) is 4.21. The molecule has 2 heterocycles. The lowest BCUT2D eigenvalue weighted by molar-refractivity contribution is 0.363. The molecule has 0 spiro atoms. The van der Waals surface area contributed by atoms with E-state index >= 15 is 0 Å². The molecular weight excluding hydrogens is 252 g/mol. The zero-order chi connectivity index (χ0) is 14.3. The Bertz CT molecular complexity index is 723. The van der Waals surface area contributed by atoms with Gasteiger partial charge in [-0.2, -0.15) is 0 Å². The van der Waals surface area contributed by atoms with Crippen molar-refractivity contribution in [1.82, 2.24) is 0 Å². The zero-order valence-corrected chi connectivity index (χ0v) is 11.8. The first-order chi connectivity index (χ1) is 9.67. The summed E-state index contributed by atoms with van der Waals surface area (Å²) in [6, 6.07) is 7.46. The molecule has 0 aliphatic carbocycles. The highest BCUT2D eigenvalue weighted by Gasteiger charge is 2.37. The Morgan fingerprint density at radius 1 is 1.25 bits per heavy atom. The molecule has 1 aromatic heterocycles. The SMILES string of the molecule is C=C1Oc2c(c(=O)oc3ccccc23)C1C(CC)CC. The first kappa shape index (κ1) is 13.0. The summed E-state index contributed by atoms with van der Waals surface area (Å²) in [5.74, 6) is 1.60. The molecule has 1 aliphatic heterocycles. The van der Waals surface area contributed by atoms with Crippen molar-refractivity contribution < 1.29 is 9.15 Å². The summed E-state index contributed by atoms with van der Waals surface area (Å²) in [5, 5.41) is 0.844. The van der Waals surface area contributed by atoms with E-state index in [4.69, 9.17) is 9.15 Å². The molecule has 3 heteroatoms. The Morgan fingerprint density at radius 3 is 2.65 bits per heavy atom. The second-order valence-corrected chi connectivity index (χ2v) is 5.25. The molecule has 1 unspecified atom stereocenters. The van der Waals surface area contributed by atoms with Crippen molar-refractivity contribution >= 4 is 11.0 Å². The van der Waals surface area contributed by atoms with Gasteiger partial charge >= 0.3 is 5.63 Å². The highest BCUT2D eigenvalue weighted by atomic mass is 16.5. The number of hydrogen-bond acceptors (Lipinski definition) is 3. The van der Waals surface area contributed by atoms with E-state index in [2.05, 4.69) is 20.4 Å². The molecule has 0 saturated heterocycles. The van der Waals surface area contributed by atoms with Crippen LogP contribution in [0.1, 0.15) is 38.2 Å². The summed E-state index contributed by atoms with van der Waals surface area (Å²) in [6.07, 6.45) is 1.96. The minimum Gasteiger partial charge on any atom is -0.460 e. The monoisotopic (exact) mass is 270 g/mol. The van der Waals surface area contributed by atoms with E-state index in [-0.39, 0.29) is 11.5 Å². The number of fused-ring (bicyclic) bond motifs is 3. The fourth-order valence-corrected chi connectivity index (χ4v) is 3.13. The van der Waals surface area contributed by atoms with Crippen LogP contribution in [0.25, 0.3) is 11.0 Å². The molecule has 3 nitrogen and oxygen atoms in total. The number of benzene rings is 1. The molecule has 1 aromatic carbocycles. The highest BCUT2D eigenvalue weighted by Crippen LogP contribution is 2.47. The Morgan fingerprint density at radius 2 is 1.95 bits per heavy atom. The normalized spacial score (nSPS) is 17.6. The van der Waals surface area contributed by atoms with Crippen LogP contribution in [-0.2, 0) is 0 Å². The maximum Gasteiger partial charge on any atom is 0.344 e. The van der Waals surface area contributed by atoms with E-state index in [1.54, 1.807) is 6.07 Å². The van der Waals surface area contributed by atoms with Crippen LogP contribution in [0.3, 0.4) is 0 Å². The van der Waals surface area contributed by atoms with Gasteiger partial charge < -0.3 is 9.15 Å². The van der Waals surface area contributed by atoms with Crippen LogP contribution in [0.2, 0.25) is 0 Å². The number of allylic oxidation sites excluding steroid dienone is 1. The van der Waals surface area contributed by atoms with E-state index in [1.807, 2.05) is 18.2 Å². The predicted molar refractivity (Wildman–Crippen MR) is 79.1 cm³/mol. The highest BCUT2D eigenvalue weighted by molar-refractivity contribution is 5.85. The molecule has 0 saturated carbocycles. The van der Waals surface area contributed by atoms with Crippen LogP contribution >= 0.6 is 0 Å². The van der Waals surface area contributed by atoms with Gasteiger partial charge in [-0.15, -0.1) is 0 Å². The molecule has 1 aliphatic rings. The smallest absolute Gasteiger partial charge is 0.344 e. The maximum absolute atomic E-state index is 12.3. The first-order valence-electron chi connectivity index (χ1n) is 7.09. The second kappa shape index (κ2) is 4.82. The summed E-state index contributed by atoms with van der Waals surface area (Å²) in [4.78, 5) is 12.3. The molecular formula is C17H18O3. The Labute approximate surface area is 117 Å². The largest absolute Gasteiger partial charge is 0.460 e. The van der Waals surface area contributed by atoms with Gasteiger partial charge in [-0.25, -0.2) is 4.79 Å². The Hall–Kier alpha value is -2.03. The maximum atomic E-state index is 12.3. The summed E-state index contributed by atoms with van der Waals surface area (Å²) in [6.45, 7) is 8.27. The molecule has 20 heavy (non-hydrogen) atoms. The van der Waals surface area contributed by atoms with Gasteiger partial charge in [-0.05, 0) is 18.1 Å². The summed E-state index contributed by atoms with van der Waals surface area (Å²) < 4.78 is 11.3. The number of hydrogen-bond donors (Lipinski definition) is 0. The molecule has 0 radical (unpaired) electrons. The fourth-order valence-electron chi connectivity index (χ4n) is 3.13. The van der Waals surface area contributed by atoms with Crippen LogP contribution in [0, 0.1) is 5.92 Å². The molecule has 2 aromatic rings. The molecule has 0 N–H and O–H groups in total. The van der Waals surface area contributed by atoms with E-state index in [0.717, 1.165) is 18.2 Å². The fraction of sp³-hybridized carbons (Fsp3) is 0.353. The van der Waals surface area contributed by atoms with E-state index in [9.17, 15) is 4.79 Å². The molecule has 1 atom stereocenters. The van der Waals surface area contributed by atoms with Crippen molar-refractivity contribution in [3.63, 3.8) is 0 Å². The van der Waals surface area contributed by atoms with E-state index < -0.39 is 0 Å². The molecule has 0 fully saturated rings. The summed E-state index contributed by atoms with van der Waals surface area (Å²) in [7, 11) is 0. The third-order valence-electron chi connectivity index (χ3n) is 4.21. The molecule has 104 valence electrons. The van der Waals surface area contributed by atoms with Crippen LogP contribution in [0.5, 0.6) is 5.75 Å². The van der Waals surface area contributed by atoms with Gasteiger partial charge in [-0.1, -0.05) is 45.4 Å². The molecule has 0 bridgehead atoms. The van der Waals surface area contributed by atoms with Crippen molar-refractivity contribution in [1.29, 1.82) is 0 Å². The van der Waals surface area contributed by atoms with Gasteiger partial charge in [0, 0.05) is 0 Å². The van der Waals surface area contributed by atoms with Gasteiger partial charge in [0.15, 0.2) is 0 Å². The standard InChI is InChI=1S/C17H18O3/c1-4-11(5-2)14-10(3)19-16-12-8-6-7-9-13(12)20-17(18)15(14)16/h6-9,11,14H,3-5H2,1-2H3. The van der Waals surface area contributed by atoms with Gasteiger partial charge in [0.05, 0.1) is 16.9 Å². The zero-order valence-electron chi connectivity index (χ0n) is 11.8. The minimum absolute atomic E-state index is 0.0548. The average molecular weight is 270 g/mol. The second-order valence-electron chi connectivity index (χ2n) is 5.25. The van der Waals surface area contributed by atoms with Gasteiger partial charge in [0.25, 0.3) is 0 Å². The predicted octanol–water partition coefficient (Wildman–Crippen LogP) is 4.22. The topological polar surface area (TPSA) is 39.4 Å². The Kier molecular flexibility index (Phi) is 3.13. The quantitative estimate of drug-likeness (QED) is 0.784. The lowest BCUT2D eigenvalue weighted by Gasteiger charge is -2.19. The van der Waals surface area contributed by atoms with Crippen LogP contribution in [0.15, 0.2) is 45.8 Å². The van der Waals surface area contributed by atoms with Crippen LogP contribution in [0.4, 0.5) is 0 Å². The minimum atomic E-state index is -0.297. The summed E-state index contributed by atoms with van der Waals surface area (Å²) in [5.41, 5.74) is 0.908. The van der Waals surface area contributed by atoms with Crippen molar-refractivity contribution in [2.24, 2.45) is 5.92 Å². The Balaban J connectivity index is 2.27. The van der Waals surface area contributed by atoms with E-state index in [0.29, 0.717) is 28.6 Å². The van der Waals surface area contributed by atoms with Crippen molar-refractivity contribution in [3.05, 3.63) is 52.6 Å². The third kappa shape index (κ3) is 1.77. The molecule has 0 amide bonds. The average Bonchev–Trinajstić information content (AvgIpc) is 2.79.